The van der Waals surface area contributed by atoms with Gasteiger partial charge < -0.3 is 15.6 Å². The largest absolute Gasteiger partial charge is 0.382 e. The normalized spacial score (nSPS) is 15.5. The second-order valence-corrected chi connectivity index (χ2v) is 14.7. The summed E-state index contributed by atoms with van der Waals surface area (Å²) in [5.41, 5.74) is 3.93. The third-order valence-corrected chi connectivity index (χ3v) is 10.7. The molecule has 0 spiro atoms. The maximum Gasteiger partial charge on any atom is 0.252 e. The van der Waals surface area contributed by atoms with E-state index >= 15 is 0 Å². The number of hydrogen-bond acceptors (Lipinski definition) is 5. The van der Waals surface area contributed by atoms with Crippen LogP contribution in [0.15, 0.2) is 64.9 Å². The van der Waals surface area contributed by atoms with Crippen molar-refractivity contribution in [1.29, 1.82) is 0 Å². The molecule has 5 rings (SSSR count). The van der Waals surface area contributed by atoms with E-state index < -0.39 is 10.0 Å². The van der Waals surface area contributed by atoms with Crippen LogP contribution in [-0.2, 0) is 22.0 Å². The summed E-state index contributed by atoms with van der Waals surface area (Å²) < 4.78 is 28.5. The number of piperidine rings is 1. The number of rotatable bonds is 7. The minimum atomic E-state index is -3.58. The topological polar surface area (TPSA) is 94.3 Å². The number of hydrogen-bond donors (Lipinski definition) is 3. The molecular formula is C29H33ClN4O3S2. The monoisotopic (exact) mass is 584 g/mol. The van der Waals surface area contributed by atoms with E-state index in [-0.39, 0.29) is 23.9 Å². The number of amides is 1. The molecule has 39 heavy (non-hydrogen) atoms. The SMILES string of the molecule is CC(C)(C)c1cc2cc(NC3CCN(S(=O)(=O)c4ccc(CNC(=O)c5ccc(Cl)cc5)s4)CC3)ccc2[nH]1. The smallest absolute Gasteiger partial charge is 0.252 e. The summed E-state index contributed by atoms with van der Waals surface area (Å²) in [5.74, 6) is -0.232. The fourth-order valence-corrected chi connectivity index (χ4v) is 7.74. The summed E-state index contributed by atoms with van der Waals surface area (Å²) in [6.07, 6.45) is 1.46. The lowest BCUT2D eigenvalue weighted by Gasteiger charge is -2.31. The number of sulfonamides is 1. The van der Waals surface area contributed by atoms with Crippen LogP contribution >= 0.6 is 22.9 Å². The van der Waals surface area contributed by atoms with E-state index in [1.54, 1.807) is 40.7 Å². The summed E-state index contributed by atoms with van der Waals surface area (Å²) in [5, 5.41) is 8.17. The first kappa shape index (κ1) is 27.7. The predicted octanol–water partition coefficient (Wildman–Crippen LogP) is 6.38. The fourth-order valence-electron chi connectivity index (χ4n) is 4.69. The molecular weight excluding hydrogens is 552 g/mol. The van der Waals surface area contributed by atoms with Crippen LogP contribution in [0.1, 0.15) is 54.5 Å². The average molecular weight is 585 g/mol. The maximum atomic E-state index is 13.3. The number of benzene rings is 2. The molecule has 2 aromatic heterocycles. The first-order valence-corrected chi connectivity index (χ1v) is 15.6. The Morgan fingerprint density at radius 1 is 1.05 bits per heavy atom. The number of halogens is 1. The zero-order valence-electron chi connectivity index (χ0n) is 22.3. The molecule has 0 aliphatic carbocycles. The zero-order valence-corrected chi connectivity index (χ0v) is 24.6. The number of thiophene rings is 1. The number of aromatic nitrogens is 1. The molecule has 0 atom stereocenters. The Kier molecular flexibility index (Phi) is 7.79. The van der Waals surface area contributed by atoms with Gasteiger partial charge in [-0.2, -0.15) is 4.31 Å². The van der Waals surface area contributed by atoms with Crippen molar-refractivity contribution < 1.29 is 13.2 Å². The van der Waals surface area contributed by atoms with Crippen LogP contribution in [0.4, 0.5) is 5.69 Å². The van der Waals surface area contributed by atoms with Crippen LogP contribution in [-0.4, -0.2) is 42.7 Å². The summed E-state index contributed by atoms with van der Waals surface area (Å²) in [7, 11) is -3.58. The average Bonchev–Trinajstić information content (AvgIpc) is 3.56. The van der Waals surface area contributed by atoms with Gasteiger partial charge in [-0.3, -0.25) is 4.79 Å². The van der Waals surface area contributed by atoms with E-state index in [1.165, 1.54) is 22.4 Å². The minimum Gasteiger partial charge on any atom is -0.382 e. The standard InChI is InChI=1S/C29H33ClN4O3S2/c1-29(2,3)26-17-20-16-23(8-10-25(20)33-26)32-22-12-14-34(15-13-22)39(36,37)27-11-9-24(38-27)18-31-28(35)19-4-6-21(30)7-5-19/h4-11,16-17,22,32-33H,12-15,18H2,1-3H3,(H,31,35). The van der Waals surface area contributed by atoms with Crippen molar-refractivity contribution >= 4 is 55.5 Å². The molecule has 1 amide bonds. The number of aromatic amines is 1. The van der Waals surface area contributed by atoms with E-state index in [9.17, 15) is 13.2 Å². The van der Waals surface area contributed by atoms with E-state index in [1.807, 2.05) is 0 Å². The van der Waals surface area contributed by atoms with Gasteiger partial charge in [-0.05, 0) is 73.5 Å². The van der Waals surface area contributed by atoms with Gasteiger partial charge >= 0.3 is 0 Å². The molecule has 1 saturated heterocycles. The van der Waals surface area contributed by atoms with Crippen LogP contribution in [0.2, 0.25) is 5.02 Å². The molecule has 1 fully saturated rings. The molecule has 4 aromatic rings. The Labute approximate surface area is 238 Å². The van der Waals surface area contributed by atoms with Crippen LogP contribution in [0.25, 0.3) is 10.9 Å². The van der Waals surface area contributed by atoms with Crippen molar-refractivity contribution in [3.05, 3.63) is 81.8 Å². The lowest BCUT2D eigenvalue weighted by molar-refractivity contribution is 0.0951. The lowest BCUT2D eigenvalue weighted by atomic mass is 9.92. The van der Waals surface area contributed by atoms with Gasteiger partial charge in [-0.25, -0.2) is 8.42 Å². The summed E-state index contributed by atoms with van der Waals surface area (Å²) in [4.78, 5) is 16.6. The number of fused-ring (bicyclic) bond motifs is 1. The molecule has 3 N–H and O–H groups in total. The molecule has 0 saturated carbocycles. The number of anilines is 1. The Hall–Kier alpha value is -2.85. The van der Waals surface area contributed by atoms with Crippen molar-refractivity contribution in [3.8, 4) is 0 Å². The van der Waals surface area contributed by atoms with Crippen molar-refractivity contribution in [3.63, 3.8) is 0 Å². The third kappa shape index (κ3) is 6.32. The molecule has 0 bridgehead atoms. The van der Waals surface area contributed by atoms with Gasteiger partial charge in [-0.1, -0.05) is 32.4 Å². The second kappa shape index (κ2) is 11.0. The van der Waals surface area contributed by atoms with Gasteiger partial charge in [-0.15, -0.1) is 11.3 Å². The van der Waals surface area contributed by atoms with Crippen LogP contribution in [0.3, 0.4) is 0 Å². The summed E-state index contributed by atoms with van der Waals surface area (Å²) >= 11 is 7.08. The van der Waals surface area contributed by atoms with Gasteiger partial charge in [0.25, 0.3) is 15.9 Å². The van der Waals surface area contributed by atoms with Gasteiger partial charge in [0.15, 0.2) is 0 Å². The van der Waals surface area contributed by atoms with Crippen molar-refractivity contribution in [2.75, 3.05) is 18.4 Å². The molecule has 1 aliphatic heterocycles. The molecule has 1 aliphatic rings. The fraction of sp³-hybridized carbons (Fsp3) is 0.345. The number of carbonyl (C=O) groups is 1. The molecule has 0 unspecified atom stereocenters. The highest BCUT2D eigenvalue weighted by Gasteiger charge is 2.30. The Balaban J connectivity index is 1.16. The van der Waals surface area contributed by atoms with Crippen molar-refractivity contribution in [2.24, 2.45) is 0 Å². The molecule has 3 heterocycles. The molecule has 10 heteroatoms. The van der Waals surface area contributed by atoms with Crippen LogP contribution in [0, 0.1) is 0 Å². The van der Waals surface area contributed by atoms with Gasteiger partial charge in [0.1, 0.15) is 4.21 Å². The Morgan fingerprint density at radius 3 is 2.46 bits per heavy atom. The zero-order chi connectivity index (χ0) is 27.8. The Morgan fingerprint density at radius 2 is 1.77 bits per heavy atom. The van der Waals surface area contributed by atoms with E-state index in [0.717, 1.165) is 28.9 Å². The maximum absolute atomic E-state index is 13.3. The number of nitrogens with zero attached hydrogens (tertiary/aromatic N) is 1. The molecule has 206 valence electrons. The predicted molar refractivity (Wildman–Crippen MR) is 159 cm³/mol. The molecule has 0 radical (unpaired) electrons. The van der Waals surface area contributed by atoms with Gasteiger partial charge in [0.05, 0.1) is 6.54 Å². The highest BCUT2D eigenvalue weighted by molar-refractivity contribution is 7.91. The third-order valence-electron chi connectivity index (χ3n) is 7.01. The van der Waals surface area contributed by atoms with E-state index in [2.05, 4.69) is 60.7 Å². The highest BCUT2D eigenvalue weighted by Crippen LogP contribution is 2.30. The summed E-state index contributed by atoms with van der Waals surface area (Å²) in [6, 6.07) is 18.8. The molecule has 2 aromatic carbocycles. The quantitative estimate of drug-likeness (QED) is 0.235. The number of nitrogens with one attached hydrogen (secondary N) is 3. The van der Waals surface area contributed by atoms with E-state index in [0.29, 0.717) is 27.9 Å². The number of carbonyl (C=O) groups excluding carboxylic acids is 1. The molecule has 7 nitrogen and oxygen atoms in total. The van der Waals surface area contributed by atoms with Gasteiger partial charge in [0, 0.05) is 62.3 Å². The number of H-pyrrole nitrogens is 1. The van der Waals surface area contributed by atoms with Crippen molar-refractivity contribution in [2.45, 2.75) is 55.8 Å². The lowest BCUT2D eigenvalue weighted by Crippen LogP contribution is -2.42. The highest BCUT2D eigenvalue weighted by atomic mass is 35.5. The summed E-state index contributed by atoms with van der Waals surface area (Å²) in [6.45, 7) is 7.75. The minimum absolute atomic E-state index is 0.0552. The Bertz CT molecular complexity index is 1580. The second-order valence-electron chi connectivity index (χ2n) is 11.0. The van der Waals surface area contributed by atoms with Crippen molar-refractivity contribution in [1.82, 2.24) is 14.6 Å². The first-order valence-electron chi connectivity index (χ1n) is 13.0. The van der Waals surface area contributed by atoms with Gasteiger partial charge in [0.2, 0.25) is 0 Å². The van der Waals surface area contributed by atoms with Crippen LogP contribution in [0.5, 0.6) is 0 Å². The van der Waals surface area contributed by atoms with E-state index in [4.69, 9.17) is 11.6 Å². The van der Waals surface area contributed by atoms with Crippen LogP contribution < -0.4 is 10.6 Å². The first-order chi connectivity index (χ1) is 18.5.